The molecule has 1 fully saturated rings. The molecule has 0 bridgehead atoms. The Morgan fingerprint density at radius 3 is 2.65 bits per heavy atom. The summed E-state index contributed by atoms with van der Waals surface area (Å²) in [6.45, 7) is 1.87. The van der Waals surface area contributed by atoms with Gasteiger partial charge in [0.2, 0.25) is 5.91 Å². The number of aryl methyl sites for hydroxylation is 1. The summed E-state index contributed by atoms with van der Waals surface area (Å²) in [7, 11) is 0. The lowest BCUT2D eigenvalue weighted by Gasteiger charge is -2.10. The monoisotopic (exact) mass is 388 g/mol. The van der Waals surface area contributed by atoms with E-state index in [9.17, 15) is 9.59 Å². The summed E-state index contributed by atoms with van der Waals surface area (Å²) in [5.41, 5.74) is 2.65. The van der Waals surface area contributed by atoms with Gasteiger partial charge in [-0.2, -0.15) is 0 Å². The number of benzene rings is 2. The van der Waals surface area contributed by atoms with Crippen LogP contribution in [0.1, 0.15) is 34.3 Å². The maximum absolute atomic E-state index is 12.2. The third-order valence-corrected chi connectivity index (χ3v) is 4.90. The van der Waals surface area contributed by atoms with Gasteiger partial charge in [-0.15, -0.1) is 0 Å². The van der Waals surface area contributed by atoms with E-state index >= 15 is 0 Å². The van der Waals surface area contributed by atoms with E-state index in [1.807, 2.05) is 13.0 Å². The lowest BCUT2D eigenvalue weighted by atomic mass is 10.1. The van der Waals surface area contributed by atoms with Gasteiger partial charge >= 0.3 is 0 Å². The number of rotatable bonds is 5. The lowest BCUT2D eigenvalue weighted by Crippen LogP contribution is -2.25. The highest BCUT2D eigenvalue weighted by Gasteiger charge is 2.24. The van der Waals surface area contributed by atoms with Crippen molar-refractivity contribution in [2.24, 2.45) is 0 Å². The van der Waals surface area contributed by atoms with E-state index in [2.05, 4.69) is 10.6 Å². The summed E-state index contributed by atoms with van der Waals surface area (Å²) in [5, 5.41) is 6.56. The molecule has 1 saturated carbocycles. The Labute approximate surface area is 162 Å². The van der Waals surface area contributed by atoms with Crippen LogP contribution in [0, 0.1) is 6.92 Å². The fraction of sp³-hybridized carbons (Fsp3) is 0.200. The molecule has 3 rings (SSSR count). The molecule has 2 aromatic carbocycles. The molecule has 2 amide bonds. The van der Waals surface area contributed by atoms with Crippen LogP contribution in [0.2, 0.25) is 10.0 Å². The quantitative estimate of drug-likeness (QED) is 0.719. The SMILES string of the molecule is Cc1ccc(C(=O)NC2CC2)cc1NC(=O)C=Cc1cccc(Cl)c1Cl. The zero-order chi connectivity index (χ0) is 18.7. The molecule has 0 heterocycles. The van der Waals surface area contributed by atoms with Crippen molar-refractivity contribution in [1.29, 1.82) is 0 Å². The second-order valence-electron chi connectivity index (χ2n) is 6.24. The van der Waals surface area contributed by atoms with Crippen molar-refractivity contribution < 1.29 is 9.59 Å². The fourth-order valence-corrected chi connectivity index (χ4v) is 2.75. The maximum Gasteiger partial charge on any atom is 0.251 e. The van der Waals surface area contributed by atoms with Crippen molar-refractivity contribution in [2.75, 3.05) is 5.32 Å². The van der Waals surface area contributed by atoms with Crippen LogP contribution >= 0.6 is 23.2 Å². The fourth-order valence-electron chi connectivity index (χ4n) is 2.38. The van der Waals surface area contributed by atoms with E-state index in [4.69, 9.17) is 23.2 Å². The van der Waals surface area contributed by atoms with Crippen LogP contribution < -0.4 is 10.6 Å². The van der Waals surface area contributed by atoms with E-state index in [-0.39, 0.29) is 17.9 Å². The number of hydrogen-bond donors (Lipinski definition) is 2. The number of carbonyl (C=O) groups is 2. The predicted octanol–water partition coefficient (Wildman–Crippen LogP) is 4.85. The zero-order valence-corrected chi connectivity index (χ0v) is 15.7. The van der Waals surface area contributed by atoms with E-state index < -0.39 is 0 Å². The largest absolute Gasteiger partial charge is 0.349 e. The predicted molar refractivity (Wildman–Crippen MR) is 106 cm³/mol. The van der Waals surface area contributed by atoms with Crippen molar-refractivity contribution in [1.82, 2.24) is 5.32 Å². The number of amides is 2. The second-order valence-corrected chi connectivity index (χ2v) is 7.03. The molecular formula is C20H18Cl2N2O2. The highest BCUT2D eigenvalue weighted by atomic mass is 35.5. The first-order valence-electron chi connectivity index (χ1n) is 8.28. The number of carbonyl (C=O) groups excluding carboxylic acids is 2. The summed E-state index contributed by atoms with van der Waals surface area (Å²) < 4.78 is 0. The average Bonchev–Trinajstić information content (AvgIpc) is 3.42. The number of halogens is 2. The van der Waals surface area contributed by atoms with Crippen molar-refractivity contribution >= 4 is 46.8 Å². The smallest absolute Gasteiger partial charge is 0.251 e. The molecule has 2 N–H and O–H groups in total. The minimum atomic E-state index is -0.316. The van der Waals surface area contributed by atoms with Crippen molar-refractivity contribution in [3.05, 3.63) is 69.2 Å². The molecule has 0 radical (unpaired) electrons. The van der Waals surface area contributed by atoms with Gasteiger partial charge in [0.1, 0.15) is 0 Å². The number of anilines is 1. The Morgan fingerprint density at radius 2 is 1.92 bits per heavy atom. The van der Waals surface area contributed by atoms with Crippen LogP contribution in [-0.2, 0) is 4.79 Å². The van der Waals surface area contributed by atoms with Gasteiger partial charge in [-0.05, 0) is 55.2 Å². The van der Waals surface area contributed by atoms with Gasteiger partial charge in [0, 0.05) is 23.4 Å². The van der Waals surface area contributed by atoms with Gasteiger partial charge in [0.15, 0.2) is 0 Å². The van der Waals surface area contributed by atoms with E-state index in [0.717, 1.165) is 18.4 Å². The van der Waals surface area contributed by atoms with Crippen LogP contribution in [0.4, 0.5) is 5.69 Å². The minimum Gasteiger partial charge on any atom is -0.349 e. The molecule has 2 aromatic rings. The van der Waals surface area contributed by atoms with Gasteiger partial charge in [-0.25, -0.2) is 0 Å². The summed E-state index contributed by atoms with van der Waals surface area (Å²) in [5.74, 6) is -0.437. The van der Waals surface area contributed by atoms with E-state index in [1.165, 1.54) is 6.08 Å². The second kappa shape index (κ2) is 7.94. The van der Waals surface area contributed by atoms with Gasteiger partial charge in [-0.1, -0.05) is 41.4 Å². The van der Waals surface area contributed by atoms with Crippen molar-refractivity contribution in [2.45, 2.75) is 25.8 Å². The Morgan fingerprint density at radius 1 is 1.15 bits per heavy atom. The Bertz CT molecular complexity index is 889. The molecule has 0 unspecified atom stereocenters. The molecule has 6 heteroatoms. The standard InChI is InChI=1S/C20H18Cl2N2O2/c1-12-5-6-14(20(26)23-15-8-9-15)11-17(12)24-18(25)10-7-13-3-2-4-16(21)19(13)22/h2-7,10-11,15H,8-9H2,1H3,(H,23,26)(H,24,25). The van der Waals surface area contributed by atoms with Crippen LogP contribution in [-0.4, -0.2) is 17.9 Å². The van der Waals surface area contributed by atoms with Crippen molar-refractivity contribution in [3.8, 4) is 0 Å². The maximum atomic E-state index is 12.2. The highest BCUT2D eigenvalue weighted by molar-refractivity contribution is 6.42. The van der Waals surface area contributed by atoms with Crippen LogP contribution in [0.3, 0.4) is 0 Å². The van der Waals surface area contributed by atoms with Gasteiger partial charge in [0.25, 0.3) is 5.91 Å². The Balaban J connectivity index is 1.71. The zero-order valence-electron chi connectivity index (χ0n) is 14.2. The first-order valence-corrected chi connectivity index (χ1v) is 9.04. The summed E-state index contributed by atoms with van der Waals surface area (Å²) >= 11 is 12.1. The summed E-state index contributed by atoms with van der Waals surface area (Å²) in [6.07, 6.45) is 5.03. The Kier molecular flexibility index (Phi) is 5.64. The lowest BCUT2D eigenvalue weighted by molar-refractivity contribution is -0.111. The normalized spacial score (nSPS) is 13.7. The highest BCUT2D eigenvalue weighted by Crippen LogP contribution is 2.26. The first-order chi connectivity index (χ1) is 12.4. The average molecular weight is 389 g/mol. The van der Waals surface area contributed by atoms with E-state index in [1.54, 1.807) is 36.4 Å². The van der Waals surface area contributed by atoms with Crippen LogP contribution in [0.5, 0.6) is 0 Å². The molecule has 0 saturated heterocycles. The van der Waals surface area contributed by atoms with Gasteiger partial charge in [0.05, 0.1) is 10.0 Å². The molecule has 134 valence electrons. The molecule has 0 aromatic heterocycles. The van der Waals surface area contributed by atoms with E-state index in [0.29, 0.717) is 26.9 Å². The summed E-state index contributed by atoms with van der Waals surface area (Å²) in [4.78, 5) is 24.4. The van der Waals surface area contributed by atoms with Crippen LogP contribution in [0.25, 0.3) is 6.08 Å². The number of nitrogens with one attached hydrogen (secondary N) is 2. The van der Waals surface area contributed by atoms with Crippen molar-refractivity contribution in [3.63, 3.8) is 0 Å². The molecule has 1 aliphatic rings. The topological polar surface area (TPSA) is 58.2 Å². The van der Waals surface area contributed by atoms with Gasteiger partial charge < -0.3 is 10.6 Å². The Hall–Kier alpha value is -2.30. The minimum absolute atomic E-state index is 0.121. The molecule has 0 aliphatic heterocycles. The van der Waals surface area contributed by atoms with Gasteiger partial charge in [-0.3, -0.25) is 9.59 Å². The van der Waals surface area contributed by atoms with Crippen LogP contribution in [0.15, 0.2) is 42.5 Å². The molecule has 4 nitrogen and oxygen atoms in total. The third kappa shape index (κ3) is 4.65. The first kappa shape index (κ1) is 18.5. The molecule has 1 aliphatic carbocycles. The third-order valence-electron chi connectivity index (χ3n) is 4.07. The molecule has 0 spiro atoms. The molecular weight excluding hydrogens is 371 g/mol. The summed E-state index contributed by atoms with van der Waals surface area (Å²) in [6, 6.07) is 10.8. The molecule has 0 atom stereocenters. The molecule has 26 heavy (non-hydrogen) atoms. The number of hydrogen-bond acceptors (Lipinski definition) is 2.